The number of hydrogen-bond acceptors (Lipinski definition) is 7. The van der Waals surface area contributed by atoms with Crippen molar-refractivity contribution in [1.82, 2.24) is 10.3 Å². The number of hydrogen-bond donors (Lipinski definition) is 1. The SMILES string of the molecule is CO/N=C(\c1ccccc1)C1CC(c2csc(C3CCNCC3)n2)=NO1. The van der Waals surface area contributed by atoms with Crippen molar-refractivity contribution >= 4 is 22.8 Å². The highest BCUT2D eigenvalue weighted by atomic mass is 32.1. The van der Waals surface area contributed by atoms with E-state index in [9.17, 15) is 0 Å². The number of nitrogens with zero attached hydrogens (tertiary/aromatic N) is 3. The summed E-state index contributed by atoms with van der Waals surface area (Å²) in [5.41, 5.74) is 3.53. The second kappa shape index (κ2) is 7.97. The van der Waals surface area contributed by atoms with Crippen molar-refractivity contribution in [1.29, 1.82) is 0 Å². The number of thiazole rings is 1. The zero-order chi connectivity index (χ0) is 17.8. The van der Waals surface area contributed by atoms with Crippen molar-refractivity contribution in [3.63, 3.8) is 0 Å². The van der Waals surface area contributed by atoms with Crippen molar-refractivity contribution < 1.29 is 9.68 Å². The van der Waals surface area contributed by atoms with E-state index in [4.69, 9.17) is 14.7 Å². The fourth-order valence-electron chi connectivity index (χ4n) is 3.36. The van der Waals surface area contributed by atoms with Crippen LogP contribution in [0.4, 0.5) is 0 Å². The predicted molar refractivity (Wildman–Crippen MR) is 103 cm³/mol. The molecule has 0 saturated carbocycles. The molecule has 3 heterocycles. The van der Waals surface area contributed by atoms with E-state index in [0.29, 0.717) is 12.3 Å². The average molecular weight is 370 g/mol. The molecule has 1 saturated heterocycles. The molecule has 1 unspecified atom stereocenters. The number of oxime groups is 2. The molecule has 1 aromatic heterocycles. The van der Waals surface area contributed by atoms with Gasteiger partial charge in [-0.25, -0.2) is 4.98 Å². The minimum atomic E-state index is -0.253. The van der Waals surface area contributed by atoms with Crippen LogP contribution in [-0.2, 0) is 9.68 Å². The largest absolute Gasteiger partial charge is 0.399 e. The summed E-state index contributed by atoms with van der Waals surface area (Å²) in [6, 6.07) is 9.92. The van der Waals surface area contributed by atoms with E-state index in [2.05, 4.69) is 21.0 Å². The molecular formula is C19H22N4O2S. The molecule has 0 bridgehead atoms. The zero-order valence-corrected chi connectivity index (χ0v) is 15.5. The molecule has 26 heavy (non-hydrogen) atoms. The van der Waals surface area contributed by atoms with Gasteiger partial charge >= 0.3 is 0 Å². The minimum Gasteiger partial charge on any atom is -0.399 e. The van der Waals surface area contributed by atoms with Gasteiger partial charge in [-0.1, -0.05) is 40.6 Å². The molecule has 0 spiro atoms. The number of aromatic nitrogens is 1. The number of piperidine rings is 1. The van der Waals surface area contributed by atoms with Crippen LogP contribution in [0.5, 0.6) is 0 Å². The monoisotopic (exact) mass is 370 g/mol. The van der Waals surface area contributed by atoms with Gasteiger partial charge in [-0.05, 0) is 25.9 Å². The molecule has 1 atom stereocenters. The van der Waals surface area contributed by atoms with Gasteiger partial charge in [0, 0.05) is 23.3 Å². The molecule has 0 aliphatic carbocycles. The Morgan fingerprint density at radius 1 is 1.27 bits per heavy atom. The first-order valence-corrected chi connectivity index (χ1v) is 9.79. The molecular weight excluding hydrogens is 348 g/mol. The number of benzene rings is 1. The predicted octanol–water partition coefficient (Wildman–Crippen LogP) is 3.15. The Morgan fingerprint density at radius 2 is 2.08 bits per heavy atom. The van der Waals surface area contributed by atoms with E-state index in [-0.39, 0.29) is 6.10 Å². The van der Waals surface area contributed by atoms with Gasteiger partial charge in [0.25, 0.3) is 0 Å². The van der Waals surface area contributed by atoms with Crippen LogP contribution in [0.2, 0.25) is 0 Å². The third-order valence-electron chi connectivity index (χ3n) is 4.74. The van der Waals surface area contributed by atoms with E-state index in [1.54, 1.807) is 18.4 Å². The lowest BCUT2D eigenvalue weighted by atomic mass is 9.99. The van der Waals surface area contributed by atoms with Gasteiger partial charge in [0.05, 0.1) is 10.7 Å². The fourth-order valence-corrected chi connectivity index (χ4v) is 4.36. The Bertz CT molecular complexity index is 797. The summed E-state index contributed by atoms with van der Waals surface area (Å²) in [7, 11) is 1.55. The molecule has 0 radical (unpaired) electrons. The highest BCUT2D eigenvalue weighted by Crippen LogP contribution is 2.29. The lowest BCUT2D eigenvalue weighted by Gasteiger charge is -2.20. The molecule has 0 amide bonds. The quantitative estimate of drug-likeness (QED) is 0.648. The summed E-state index contributed by atoms with van der Waals surface area (Å²) >= 11 is 1.73. The first-order valence-electron chi connectivity index (χ1n) is 8.91. The van der Waals surface area contributed by atoms with E-state index in [1.807, 2.05) is 30.3 Å². The van der Waals surface area contributed by atoms with Gasteiger partial charge in [0.15, 0.2) is 6.10 Å². The second-order valence-corrected chi connectivity index (χ2v) is 7.35. The van der Waals surface area contributed by atoms with Gasteiger partial charge in [-0.2, -0.15) is 0 Å². The lowest BCUT2D eigenvalue weighted by molar-refractivity contribution is 0.126. The first kappa shape index (κ1) is 17.2. The number of nitrogens with one attached hydrogen (secondary N) is 1. The van der Waals surface area contributed by atoms with Crippen LogP contribution in [0.15, 0.2) is 46.0 Å². The Labute approximate surface area is 156 Å². The van der Waals surface area contributed by atoms with Crippen molar-refractivity contribution in [3.8, 4) is 0 Å². The maximum atomic E-state index is 5.68. The molecule has 7 heteroatoms. The van der Waals surface area contributed by atoms with Gasteiger partial charge in [0.1, 0.15) is 18.5 Å². The summed E-state index contributed by atoms with van der Waals surface area (Å²) in [5, 5.41) is 15.2. The van der Waals surface area contributed by atoms with Gasteiger partial charge in [0.2, 0.25) is 0 Å². The van der Waals surface area contributed by atoms with Crippen LogP contribution in [0, 0.1) is 0 Å². The first-order chi connectivity index (χ1) is 12.8. The van der Waals surface area contributed by atoms with Gasteiger partial charge in [-0.15, -0.1) is 11.3 Å². The van der Waals surface area contributed by atoms with Crippen molar-refractivity contribution in [3.05, 3.63) is 52.0 Å². The lowest BCUT2D eigenvalue weighted by Crippen LogP contribution is -2.26. The standard InChI is InChI=1S/C19H22N4O2S/c1-24-23-18(13-5-3-2-4-6-13)17-11-15(22-25-17)16-12-26-19(21-16)14-7-9-20-10-8-14/h2-6,12,14,17,20H,7-11H2,1H3/b23-18+. The van der Waals surface area contributed by atoms with Crippen LogP contribution in [0.3, 0.4) is 0 Å². The minimum absolute atomic E-state index is 0.253. The van der Waals surface area contributed by atoms with E-state index in [1.165, 1.54) is 5.01 Å². The second-order valence-electron chi connectivity index (χ2n) is 6.46. The molecule has 136 valence electrons. The average Bonchev–Trinajstić information content (AvgIpc) is 3.37. The highest BCUT2D eigenvalue weighted by Gasteiger charge is 2.30. The summed E-state index contributed by atoms with van der Waals surface area (Å²) < 4.78 is 0. The summed E-state index contributed by atoms with van der Waals surface area (Å²) in [6.07, 6.45) is 2.69. The van der Waals surface area contributed by atoms with Crippen LogP contribution < -0.4 is 5.32 Å². The van der Waals surface area contributed by atoms with Gasteiger partial charge in [-0.3, -0.25) is 0 Å². The molecule has 2 aliphatic rings. The van der Waals surface area contributed by atoms with E-state index < -0.39 is 0 Å². The smallest absolute Gasteiger partial charge is 0.178 e. The third kappa shape index (κ3) is 3.64. The zero-order valence-electron chi connectivity index (χ0n) is 14.7. The third-order valence-corrected chi connectivity index (χ3v) is 5.75. The summed E-state index contributed by atoms with van der Waals surface area (Å²) in [5.74, 6) is 0.559. The maximum absolute atomic E-state index is 5.68. The van der Waals surface area contributed by atoms with Crippen molar-refractivity contribution in [2.75, 3.05) is 20.2 Å². The molecule has 2 aromatic rings. The van der Waals surface area contributed by atoms with Crippen molar-refractivity contribution in [2.45, 2.75) is 31.3 Å². The van der Waals surface area contributed by atoms with Crippen molar-refractivity contribution in [2.24, 2.45) is 10.3 Å². The van der Waals surface area contributed by atoms with Crippen LogP contribution in [-0.4, -0.2) is 42.7 Å². The topological polar surface area (TPSA) is 68.1 Å². The van der Waals surface area contributed by atoms with Gasteiger partial charge < -0.3 is 15.0 Å². The Hall–Kier alpha value is -2.25. The molecule has 1 fully saturated rings. The highest BCUT2D eigenvalue weighted by molar-refractivity contribution is 7.10. The molecule has 1 aromatic carbocycles. The van der Waals surface area contributed by atoms with E-state index >= 15 is 0 Å². The van der Waals surface area contributed by atoms with Crippen LogP contribution in [0.1, 0.15) is 41.4 Å². The maximum Gasteiger partial charge on any atom is 0.178 e. The summed E-state index contributed by atoms with van der Waals surface area (Å²) in [4.78, 5) is 15.5. The van der Waals surface area contributed by atoms with E-state index in [0.717, 1.165) is 48.6 Å². The summed E-state index contributed by atoms with van der Waals surface area (Å²) in [6.45, 7) is 2.14. The Balaban J connectivity index is 1.47. The molecule has 1 N–H and O–H groups in total. The molecule has 4 rings (SSSR count). The Kier molecular flexibility index (Phi) is 5.26. The van der Waals surface area contributed by atoms with Crippen LogP contribution in [0.25, 0.3) is 0 Å². The fraction of sp³-hybridized carbons (Fsp3) is 0.421. The van der Waals surface area contributed by atoms with Crippen LogP contribution >= 0.6 is 11.3 Å². The normalized spacial score (nSPS) is 21.3. The molecule has 6 nitrogen and oxygen atoms in total. The molecule has 2 aliphatic heterocycles. The Morgan fingerprint density at radius 3 is 2.85 bits per heavy atom. The number of rotatable bonds is 5.